The van der Waals surface area contributed by atoms with Gasteiger partial charge in [-0.25, -0.2) is 0 Å². The van der Waals surface area contributed by atoms with E-state index >= 15 is 0 Å². The summed E-state index contributed by atoms with van der Waals surface area (Å²) < 4.78 is 0. The van der Waals surface area contributed by atoms with Crippen molar-refractivity contribution in [3.8, 4) is 0 Å². The molecule has 0 aliphatic heterocycles. The van der Waals surface area contributed by atoms with Crippen molar-refractivity contribution in [3.05, 3.63) is 0 Å². The topological polar surface area (TPSA) is 52.0 Å². The van der Waals surface area contributed by atoms with E-state index in [9.17, 15) is 0 Å². The third-order valence-corrected chi connectivity index (χ3v) is 4.08. The molecule has 0 aromatic carbocycles. The monoisotopic (exact) mass is 270 g/mol. The van der Waals surface area contributed by atoms with Gasteiger partial charge in [-0.3, -0.25) is 0 Å². The summed E-state index contributed by atoms with van der Waals surface area (Å²) in [7, 11) is 0. The Kier molecular flexibility index (Phi) is 15.9. The van der Waals surface area contributed by atoms with Gasteiger partial charge in [-0.1, -0.05) is 77.6 Å². The van der Waals surface area contributed by atoms with Gasteiger partial charge in [0.25, 0.3) is 0 Å². The SMILES string of the molecule is CCCC(CCCCCCN)CCCCCCCN. The summed E-state index contributed by atoms with van der Waals surface area (Å²) in [5.41, 5.74) is 11.0. The normalized spacial score (nSPS) is 12.8. The van der Waals surface area contributed by atoms with Crippen LogP contribution in [0.25, 0.3) is 0 Å². The fourth-order valence-electron chi connectivity index (χ4n) is 2.88. The Morgan fingerprint density at radius 3 is 1.42 bits per heavy atom. The summed E-state index contributed by atoms with van der Waals surface area (Å²) in [5, 5.41) is 0. The third-order valence-electron chi connectivity index (χ3n) is 4.08. The van der Waals surface area contributed by atoms with Crippen LogP contribution in [0.2, 0.25) is 0 Å². The van der Waals surface area contributed by atoms with Crippen LogP contribution in [0.4, 0.5) is 0 Å². The lowest BCUT2D eigenvalue weighted by molar-refractivity contribution is 0.378. The molecule has 0 heterocycles. The van der Waals surface area contributed by atoms with Crippen LogP contribution in [0.1, 0.15) is 90.4 Å². The van der Waals surface area contributed by atoms with Crippen molar-refractivity contribution in [1.29, 1.82) is 0 Å². The summed E-state index contributed by atoms with van der Waals surface area (Å²) in [6.45, 7) is 4.05. The van der Waals surface area contributed by atoms with Crippen molar-refractivity contribution in [1.82, 2.24) is 0 Å². The first-order valence-electron chi connectivity index (χ1n) is 8.75. The summed E-state index contributed by atoms with van der Waals surface area (Å²) >= 11 is 0. The van der Waals surface area contributed by atoms with E-state index in [2.05, 4.69) is 6.92 Å². The van der Waals surface area contributed by atoms with Gasteiger partial charge in [0, 0.05) is 0 Å². The molecule has 0 aromatic rings. The molecular formula is C17H38N2. The number of hydrogen-bond donors (Lipinski definition) is 2. The van der Waals surface area contributed by atoms with Gasteiger partial charge in [0.1, 0.15) is 0 Å². The number of unbranched alkanes of at least 4 members (excludes halogenated alkanes) is 7. The first-order valence-corrected chi connectivity index (χ1v) is 8.75. The molecule has 116 valence electrons. The lowest BCUT2D eigenvalue weighted by atomic mass is 9.91. The highest BCUT2D eigenvalue weighted by molar-refractivity contribution is 4.60. The molecule has 2 nitrogen and oxygen atoms in total. The molecule has 2 heteroatoms. The Morgan fingerprint density at radius 1 is 0.579 bits per heavy atom. The number of hydrogen-bond acceptors (Lipinski definition) is 2. The van der Waals surface area contributed by atoms with Crippen LogP contribution < -0.4 is 11.5 Å². The van der Waals surface area contributed by atoms with E-state index in [0.29, 0.717) is 0 Å². The minimum absolute atomic E-state index is 0.862. The number of nitrogens with two attached hydrogens (primary N) is 2. The Labute approximate surface area is 121 Å². The highest BCUT2D eigenvalue weighted by Crippen LogP contribution is 2.22. The zero-order chi connectivity index (χ0) is 14.2. The molecule has 4 N–H and O–H groups in total. The molecule has 1 atom stereocenters. The van der Waals surface area contributed by atoms with E-state index < -0.39 is 0 Å². The summed E-state index contributed by atoms with van der Waals surface area (Å²) in [6, 6.07) is 0. The van der Waals surface area contributed by atoms with E-state index in [1.807, 2.05) is 0 Å². The van der Waals surface area contributed by atoms with Gasteiger partial charge < -0.3 is 11.5 Å². The molecular weight excluding hydrogens is 232 g/mol. The summed E-state index contributed by atoms with van der Waals surface area (Å²) in [6.07, 6.45) is 17.8. The van der Waals surface area contributed by atoms with Gasteiger partial charge >= 0.3 is 0 Å². The van der Waals surface area contributed by atoms with Crippen molar-refractivity contribution < 1.29 is 0 Å². The predicted octanol–water partition coefficient (Wildman–Crippen LogP) is 4.61. The van der Waals surface area contributed by atoms with Crippen molar-refractivity contribution in [2.24, 2.45) is 17.4 Å². The van der Waals surface area contributed by atoms with E-state index in [1.165, 1.54) is 83.5 Å². The maximum Gasteiger partial charge on any atom is -0.00773 e. The minimum atomic E-state index is 0.862. The summed E-state index contributed by atoms with van der Waals surface area (Å²) in [5.74, 6) is 0.984. The van der Waals surface area contributed by atoms with Crippen LogP contribution in [-0.2, 0) is 0 Å². The molecule has 0 amide bonds. The number of rotatable bonds is 15. The largest absolute Gasteiger partial charge is 0.330 e. The second kappa shape index (κ2) is 16.0. The second-order valence-corrected chi connectivity index (χ2v) is 5.99. The molecule has 0 bridgehead atoms. The molecule has 0 aliphatic rings. The first kappa shape index (κ1) is 18.9. The second-order valence-electron chi connectivity index (χ2n) is 5.99. The zero-order valence-electron chi connectivity index (χ0n) is 13.3. The van der Waals surface area contributed by atoms with Gasteiger partial charge in [-0.05, 0) is 31.8 Å². The average molecular weight is 271 g/mol. The Morgan fingerprint density at radius 2 is 1.00 bits per heavy atom. The summed E-state index contributed by atoms with van der Waals surface area (Å²) in [4.78, 5) is 0. The van der Waals surface area contributed by atoms with Crippen molar-refractivity contribution in [2.75, 3.05) is 13.1 Å². The smallest absolute Gasteiger partial charge is 0.00773 e. The molecule has 0 aliphatic carbocycles. The van der Waals surface area contributed by atoms with Crippen molar-refractivity contribution in [3.63, 3.8) is 0 Å². The third kappa shape index (κ3) is 14.1. The van der Waals surface area contributed by atoms with E-state index in [4.69, 9.17) is 11.5 Å². The van der Waals surface area contributed by atoms with E-state index in [-0.39, 0.29) is 0 Å². The Balaban J connectivity index is 3.45. The fourth-order valence-corrected chi connectivity index (χ4v) is 2.88. The zero-order valence-corrected chi connectivity index (χ0v) is 13.3. The molecule has 0 aromatic heterocycles. The van der Waals surface area contributed by atoms with Crippen LogP contribution in [0.15, 0.2) is 0 Å². The van der Waals surface area contributed by atoms with Gasteiger partial charge in [-0.15, -0.1) is 0 Å². The van der Waals surface area contributed by atoms with Gasteiger partial charge in [0.15, 0.2) is 0 Å². The predicted molar refractivity (Wildman–Crippen MR) is 87.3 cm³/mol. The Hall–Kier alpha value is -0.0800. The minimum Gasteiger partial charge on any atom is -0.330 e. The average Bonchev–Trinajstić information content (AvgIpc) is 2.42. The highest BCUT2D eigenvalue weighted by Gasteiger charge is 2.07. The van der Waals surface area contributed by atoms with Crippen LogP contribution in [0, 0.1) is 5.92 Å². The molecule has 0 rings (SSSR count). The molecule has 0 spiro atoms. The van der Waals surface area contributed by atoms with Crippen LogP contribution in [0.5, 0.6) is 0 Å². The maximum atomic E-state index is 5.53. The van der Waals surface area contributed by atoms with E-state index in [1.54, 1.807) is 0 Å². The molecule has 0 saturated carbocycles. The highest BCUT2D eigenvalue weighted by atomic mass is 14.5. The van der Waals surface area contributed by atoms with Gasteiger partial charge in [0.2, 0.25) is 0 Å². The van der Waals surface area contributed by atoms with Crippen molar-refractivity contribution in [2.45, 2.75) is 90.4 Å². The quantitative estimate of drug-likeness (QED) is 0.427. The maximum absolute atomic E-state index is 5.53. The molecule has 19 heavy (non-hydrogen) atoms. The molecule has 1 unspecified atom stereocenters. The molecule has 0 fully saturated rings. The van der Waals surface area contributed by atoms with Gasteiger partial charge in [-0.2, -0.15) is 0 Å². The standard InChI is InChI=1S/C17H38N2/c1-2-12-17(14-9-5-7-11-16-19)13-8-4-3-6-10-15-18/h17H,2-16,18-19H2,1H3. The van der Waals surface area contributed by atoms with Crippen LogP contribution in [0.3, 0.4) is 0 Å². The first-order chi connectivity index (χ1) is 9.35. The van der Waals surface area contributed by atoms with E-state index in [0.717, 1.165) is 19.0 Å². The van der Waals surface area contributed by atoms with Gasteiger partial charge in [0.05, 0.1) is 0 Å². The lowest BCUT2D eigenvalue weighted by Crippen LogP contribution is -2.02. The fraction of sp³-hybridized carbons (Fsp3) is 1.00. The van der Waals surface area contributed by atoms with Crippen molar-refractivity contribution >= 4 is 0 Å². The molecule has 0 saturated heterocycles. The van der Waals surface area contributed by atoms with Crippen LogP contribution >= 0.6 is 0 Å². The Bertz CT molecular complexity index is 159. The molecule has 0 radical (unpaired) electrons. The lowest BCUT2D eigenvalue weighted by Gasteiger charge is -2.16. The van der Waals surface area contributed by atoms with Crippen LogP contribution in [-0.4, -0.2) is 13.1 Å².